The minimum Gasteiger partial charge on any atom is -0.496 e. The van der Waals surface area contributed by atoms with Crippen LogP contribution in [0.4, 0.5) is 4.39 Å². The second kappa shape index (κ2) is 10.9. The Hall–Kier alpha value is -2.84. The van der Waals surface area contributed by atoms with Crippen molar-refractivity contribution in [3.8, 4) is 11.5 Å². The molecular formula is C28H38FNO7. The minimum absolute atomic E-state index is 0.0378. The highest BCUT2D eigenvalue weighted by molar-refractivity contribution is 5.98. The molecule has 3 fully saturated rings. The van der Waals surface area contributed by atoms with Crippen LogP contribution in [0.3, 0.4) is 0 Å². The summed E-state index contributed by atoms with van der Waals surface area (Å²) in [5.74, 6) is -1.72. The number of carbonyl (C=O) groups is 3. The Bertz CT molecular complexity index is 1030. The topological polar surface area (TPSA) is 100 Å². The molecule has 9 heteroatoms. The van der Waals surface area contributed by atoms with Crippen LogP contribution >= 0.6 is 0 Å². The normalized spacial score (nSPS) is 28.9. The fourth-order valence-corrected chi connectivity index (χ4v) is 6.16. The minimum atomic E-state index is -0.630. The van der Waals surface area contributed by atoms with E-state index in [-0.39, 0.29) is 64.8 Å². The fraction of sp³-hybridized carbons (Fsp3) is 0.679. The van der Waals surface area contributed by atoms with Gasteiger partial charge < -0.3 is 24.3 Å². The van der Waals surface area contributed by atoms with Gasteiger partial charge in [0.05, 0.1) is 37.7 Å². The van der Waals surface area contributed by atoms with E-state index in [1.165, 1.54) is 20.3 Å². The van der Waals surface area contributed by atoms with Gasteiger partial charge in [-0.05, 0) is 83.6 Å². The first-order valence-electron chi connectivity index (χ1n) is 13.2. The van der Waals surface area contributed by atoms with Crippen LogP contribution in [0.25, 0.3) is 0 Å². The number of ether oxygens (including phenoxy) is 4. The quantitative estimate of drug-likeness (QED) is 0.532. The van der Waals surface area contributed by atoms with Crippen LogP contribution in [0.15, 0.2) is 12.1 Å². The SMILES string of the molecule is COC(=O)[C@H]1[C@@H]2CC[C@@H](C2)[C@H]1NC(=O)c1cc(O[C@H]2CC[C@@H](C(=O)OC(C)(C)C)CC2)c(F)cc1OC. The van der Waals surface area contributed by atoms with Gasteiger partial charge in [0.1, 0.15) is 11.4 Å². The van der Waals surface area contributed by atoms with Gasteiger partial charge in [0.15, 0.2) is 11.6 Å². The first-order valence-corrected chi connectivity index (χ1v) is 13.2. The zero-order chi connectivity index (χ0) is 26.9. The van der Waals surface area contributed by atoms with Gasteiger partial charge in [-0.1, -0.05) is 0 Å². The molecular weight excluding hydrogens is 481 g/mol. The first kappa shape index (κ1) is 27.2. The predicted octanol–water partition coefficient (Wildman–Crippen LogP) is 4.43. The average Bonchev–Trinajstić information content (AvgIpc) is 3.45. The van der Waals surface area contributed by atoms with Crippen molar-refractivity contribution in [2.24, 2.45) is 23.7 Å². The van der Waals surface area contributed by atoms with Crippen molar-refractivity contribution < 1.29 is 37.7 Å². The molecule has 1 aromatic carbocycles. The molecule has 0 spiro atoms. The number of rotatable bonds is 7. The lowest BCUT2D eigenvalue weighted by Crippen LogP contribution is -2.47. The average molecular weight is 520 g/mol. The van der Waals surface area contributed by atoms with Gasteiger partial charge in [0, 0.05) is 12.1 Å². The smallest absolute Gasteiger partial charge is 0.311 e. The molecule has 2 bridgehead atoms. The molecule has 3 aliphatic rings. The predicted molar refractivity (Wildman–Crippen MR) is 133 cm³/mol. The van der Waals surface area contributed by atoms with E-state index in [1.54, 1.807) is 0 Å². The van der Waals surface area contributed by atoms with Crippen LogP contribution in [-0.2, 0) is 19.1 Å². The standard InChI is InChI=1S/C28H38FNO7/c1-28(2,3)37-26(32)15-8-10-18(11-9-15)36-22-13-19(21(34-4)14-20(22)29)25(31)30-24-17-7-6-16(12-17)23(24)27(33)35-5/h13-18,23-24H,6-12H2,1-5H3,(H,30,31)/t15-,16-,17+,18+,23+,24-/m1/s1. The number of halogens is 1. The van der Waals surface area contributed by atoms with Crippen molar-refractivity contribution in [2.45, 2.75) is 83.5 Å². The third-order valence-electron chi connectivity index (χ3n) is 7.89. The van der Waals surface area contributed by atoms with Crippen molar-refractivity contribution in [1.82, 2.24) is 5.32 Å². The molecule has 8 nitrogen and oxygen atoms in total. The lowest BCUT2D eigenvalue weighted by Gasteiger charge is -2.31. The number of hydrogen-bond donors (Lipinski definition) is 1. The van der Waals surface area contributed by atoms with Gasteiger partial charge in [-0.2, -0.15) is 0 Å². The second-order valence-corrected chi connectivity index (χ2v) is 11.5. The summed E-state index contributed by atoms with van der Waals surface area (Å²) in [4.78, 5) is 38.1. The van der Waals surface area contributed by atoms with Crippen LogP contribution in [0.5, 0.6) is 11.5 Å². The molecule has 0 aromatic heterocycles. The highest BCUT2D eigenvalue weighted by Crippen LogP contribution is 2.49. The van der Waals surface area contributed by atoms with Crippen LogP contribution in [0, 0.1) is 29.5 Å². The van der Waals surface area contributed by atoms with Crippen LogP contribution < -0.4 is 14.8 Å². The van der Waals surface area contributed by atoms with Crippen molar-refractivity contribution in [2.75, 3.05) is 14.2 Å². The van der Waals surface area contributed by atoms with Crippen LogP contribution in [0.2, 0.25) is 0 Å². The molecule has 0 unspecified atom stereocenters. The number of esters is 2. The molecule has 1 aromatic rings. The summed E-state index contributed by atoms with van der Waals surface area (Å²) in [5.41, 5.74) is -0.393. The van der Waals surface area contributed by atoms with Gasteiger partial charge in [0.25, 0.3) is 5.91 Å². The molecule has 0 saturated heterocycles. The molecule has 1 N–H and O–H groups in total. The molecule has 1 amide bonds. The van der Waals surface area contributed by atoms with Crippen LogP contribution in [-0.4, -0.2) is 49.8 Å². The first-order chi connectivity index (χ1) is 17.5. The second-order valence-electron chi connectivity index (χ2n) is 11.5. The summed E-state index contributed by atoms with van der Waals surface area (Å²) in [6.07, 6.45) is 4.81. The molecule has 3 aliphatic carbocycles. The summed E-state index contributed by atoms with van der Waals surface area (Å²) in [6, 6.07) is 2.18. The number of hydrogen-bond acceptors (Lipinski definition) is 7. The molecule has 4 rings (SSSR count). The Balaban J connectivity index is 1.44. The summed E-state index contributed by atoms with van der Waals surface area (Å²) >= 11 is 0. The Morgan fingerprint density at radius 2 is 1.59 bits per heavy atom. The monoisotopic (exact) mass is 519 g/mol. The van der Waals surface area contributed by atoms with E-state index in [2.05, 4.69) is 5.32 Å². The largest absolute Gasteiger partial charge is 0.496 e. The van der Waals surface area contributed by atoms with Crippen molar-refractivity contribution >= 4 is 17.8 Å². The maximum Gasteiger partial charge on any atom is 0.311 e. The Labute approximate surface area is 217 Å². The maximum absolute atomic E-state index is 14.9. The van der Waals surface area contributed by atoms with Gasteiger partial charge in [-0.3, -0.25) is 14.4 Å². The Kier molecular flexibility index (Phi) is 7.99. The Morgan fingerprint density at radius 3 is 2.22 bits per heavy atom. The molecule has 0 aliphatic heterocycles. The fourth-order valence-electron chi connectivity index (χ4n) is 6.16. The summed E-state index contributed by atoms with van der Waals surface area (Å²) in [6.45, 7) is 5.52. The zero-order valence-electron chi connectivity index (χ0n) is 22.3. The number of carbonyl (C=O) groups excluding carboxylic acids is 3. The van der Waals surface area contributed by atoms with E-state index in [9.17, 15) is 18.8 Å². The molecule has 0 radical (unpaired) electrons. The third-order valence-corrected chi connectivity index (χ3v) is 7.89. The van der Waals surface area contributed by atoms with Gasteiger partial charge in [-0.15, -0.1) is 0 Å². The molecule has 0 heterocycles. The molecule has 37 heavy (non-hydrogen) atoms. The number of benzene rings is 1. The van der Waals surface area contributed by atoms with Gasteiger partial charge in [0.2, 0.25) is 0 Å². The van der Waals surface area contributed by atoms with E-state index < -0.39 is 17.3 Å². The molecule has 4 atom stereocenters. The van der Waals surface area contributed by atoms with E-state index in [1.807, 2.05) is 20.8 Å². The highest BCUT2D eigenvalue weighted by atomic mass is 19.1. The van der Waals surface area contributed by atoms with Gasteiger partial charge >= 0.3 is 11.9 Å². The highest BCUT2D eigenvalue weighted by Gasteiger charge is 2.52. The molecule has 204 valence electrons. The van der Waals surface area contributed by atoms with E-state index >= 15 is 0 Å². The lowest BCUT2D eigenvalue weighted by atomic mass is 9.84. The summed E-state index contributed by atoms with van der Waals surface area (Å²) < 4.78 is 36.6. The van der Waals surface area contributed by atoms with E-state index in [0.29, 0.717) is 25.7 Å². The molecule has 3 saturated carbocycles. The van der Waals surface area contributed by atoms with Crippen molar-refractivity contribution in [3.63, 3.8) is 0 Å². The van der Waals surface area contributed by atoms with Crippen molar-refractivity contribution in [1.29, 1.82) is 0 Å². The summed E-state index contributed by atoms with van der Waals surface area (Å²) in [5, 5.41) is 3.00. The third kappa shape index (κ3) is 6.02. The number of fused-ring (bicyclic) bond motifs is 2. The number of methoxy groups -OCH3 is 2. The zero-order valence-corrected chi connectivity index (χ0v) is 22.3. The van der Waals surface area contributed by atoms with Crippen molar-refractivity contribution in [3.05, 3.63) is 23.5 Å². The maximum atomic E-state index is 14.9. The Morgan fingerprint density at radius 1 is 0.919 bits per heavy atom. The lowest BCUT2D eigenvalue weighted by molar-refractivity contribution is -0.161. The van der Waals surface area contributed by atoms with E-state index in [0.717, 1.165) is 25.3 Å². The number of amides is 1. The van der Waals surface area contributed by atoms with Gasteiger partial charge in [-0.25, -0.2) is 4.39 Å². The number of nitrogens with one attached hydrogen (secondary N) is 1. The van der Waals surface area contributed by atoms with E-state index in [4.69, 9.17) is 18.9 Å². The summed E-state index contributed by atoms with van der Waals surface area (Å²) in [7, 11) is 2.74. The van der Waals surface area contributed by atoms with Crippen LogP contribution in [0.1, 0.15) is 76.1 Å².